The summed E-state index contributed by atoms with van der Waals surface area (Å²) in [7, 11) is 1.41. The van der Waals surface area contributed by atoms with E-state index in [4.69, 9.17) is 4.74 Å². The summed E-state index contributed by atoms with van der Waals surface area (Å²) >= 11 is 0. The van der Waals surface area contributed by atoms with Crippen LogP contribution in [0.5, 0.6) is 0 Å². The van der Waals surface area contributed by atoms with Crippen molar-refractivity contribution in [2.24, 2.45) is 5.92 Å². The van der Waals surface area contributed by atoms with Crippen LogP contribution in [0.3, 0.4) is 0 Å². The Bertz CT molecular complexity index is 403. The number of carbonyl (C=O) groups excluding carboxylic acids is 1. The number of benzene rings is 1. The van der Waals surface area contributed by atoms with Crippen LogP contribution in [0.25, 0.3) is 0 Å². The zero-order valence-electron chi connectivity index (χ0n) is 10.4. The highest BCUT2D eigenvalue weighted by atomic mass is 16.5. The molecule has 17 heavy (non-hydrogen) atoms. The fourth-order valence-electron chi connectivity index (χ4n) is 2.46. The topological polar surface area (TPSA) is 38.3 Å². The number of methoxy groups -OCH3 is 1. The lowest BCUT2D eigenvalue weighted by Gasteiger charge is -2.20. The zero-order chi connectivity index (χ0) is 12.3. The third-order valence-electron chi connectivity index (χ3n) is 3.53. The van der Waals surface area contributed by atoms with Gasteiger partial charge in [-0.2, -0.15) is 0 Å². The van der Waals surface area contributed by atoms with Crippen molar-refractivity contribution in [2.45, 2.75) is 32.2 Å². The quantitative estimate of drug-likeness (QED) is 0.815. The van der Waals surface area contributed by atoms with Crippen molar-refractivity contribution in [3.8, 4) is 0 Å². The van der Waals surface area contributed by atoms with E-state index in [1.165, 1.54) is 26.4 Å². The van der Waals surface area contributed by atoms with E-state index in [2.05, 4.69) is 12.2 Å². The van der Waals surface area contributed by atoms with Gasteiger partial charge in [0, 0.05) is 11.7 Å². The van der Waals surface area contributed by atoms with Crippen LogP contribution < -0.4 is 5.32 Å². The van der Waals surface area contributed by atoms with Crippen LogP contribution in [0.1, 0.15) is 36.5 Å². The molecule has 1 aromatic carbocycles. The Morgan fingerprint density at radius 3 is 2.76 bits per heavy atom. The number of para-hydroxylation sites is 1. The first-order valence-electron chi connectivity index (χ1n) is 6.16. The second-order valence-corrected chi connectivity index (χ2v) is 4.70. The first kappa shape index (κ1) is 12.0. The molecular formula is C14H19NO2. The maximum Gasteiger partial charge on any atom is 0.339 e. The Morgan fingerprint density at radius 2 is 2.12 bits per heavy atom. The predicted octanol–water partition coefficient (Wildman–Crippen LogP) is 3.07. The van der Waals surface area contributed by atoms with E-state index < -0.39 is 0 Å². The van der Waals surface area contributed by atoms with Gasteiger partial charge < -0.3 is 10.1 Å². The van der Waals surface area contributed by atoms with Gasteiger partial charge in [0.05, 0.1) is 12.7 Å². The number of carbonyl (C=O) groups is 1. The number of hydrogen-bond donors (Lipinski definition) is 1. The van der Waals surface area contributed by atoms with Crippen LogP contribution in [0.4, 0.5) is 5.69 Å². The van der Waals surface area contributed by atoms with E-state index in [9.17, 15) is 4.79 Å². The summed E-state index contributed by atoms with van der Waals surface area (Å²) in [6, 6.07) is 8.01. The number of hydrogen-bond acceptors (Lipinski definition) is 3. The molecule has 2 rings (SSSR count). The highest BCUT2D eigenvalue weighted by Gasteiger charge is 2.24. The van der Waals surface area contributed by atoms with Gasteiger partial charge >= 0.3 is 5.97 Å². The zero-order valence-corrected chi connectivity index (χ0v) is 10.4. The Labute approximate surface area is 102 Å². The molecule has 0 radical (unpaired) electrons. The first-order valence-corrected chi connectivity index (χ1v) is 6.16. The summed E-state index contributed by atoms with van der Waals surface area (Å²) in [5.41, 5.74) is 1.51. The molecule has 0 amide bonds. The van der Waals surface area contributed by atoms with E-state index in [0.717, 1.165) is 5.69 Å². The molecule has 1 N–H and O–H groups in total. The number of ether oxygens (including phenoxy) is 1. The molecule has 1 fully saturated rings. The predicted molar refractivity (Wildman–Crippen MR) is 68.2 cm³/mol. The van der Waals surface area contributed by atoms with E-state index in [-0.39, 0.29) is 5.97 Å². The summed E-state index contributed by atoms with van der Waals surface area (Å²) < 4.78 is 4.79. The molecule has 0 heterocycles. The van der Waals surface area contributed by atoms with E-state index in [1.54, 1.807) is 6.07 Å². The van der Waals surface area contributed by atoms with Crippen molar-refractivity contribution >= 4 is 11.7 Å². The molecule has 1 saturated carbocycles. The van der Waals surface area contributed by atoms with Gasteiger partial charge in [-0.15, -0.1) is 0 Å². The van der Waals surface area contributed by atoms with Crippen LogP contribution >= 0.6 is 0 Å². The number of esters is 1. The van der Waals surface area contributed by atoms with Crippen molar-refractivity contribution in [2.75, 3.05) is 12.4 Å². The van der Waals surface area contributed by atoms with E-state index >= 15 is 0 Å². The third kappa shape index (κ3) is 2.60. The molecule has 3 nitrogen and oxygen atoms in total. The molecule has 0 saturated heterocycles. The third-order valence-corrected chi connectivity index (χ3v) is 3.53. The van der Waals surface area contributed by atoms with Crippen molar-refractivity contribution in [3.63, 3.8) is 0 Å². The van der Waals surface area contributed by atoms with Crippen LogP contribution in [-0.4, -0.2) is 19.1 Å². The summed E-state index contributed by atoms with van der Waals surface area (Å²) in [6.45, 7) is 2.26. The average molecular weight is 233 g/mol. The Balaban J connectivity index is 2.17. The number of nitrogens with one attached hydrogen (secondary N) is 1. The second kappa shape index (κ2) is 5.21. The molecule has 1 aliphatic carbocycles. The Hall–Kier alpha value is -1.51. The average Bonchev–Trinajstić information content (AvgIpc) is 2.75. The monoisotopic (exact) mass is 233 g/mol. The lowest BCUT2D eigenvalue weighted by molar-refractivity contribution is 0.0602. The molecule has 1 aromatic rings. The van der Waals surface area contributed by atoms with Crippen LogP contribution in [0, 0.1) is 5.92 Å². The highest BCUT2D eigenvalue weighted by Crippen LogP contribution is 2.29. The van der Waals surface area contributed by atoms with Gasteiger partial charge in [0.25, 0.3) is 0 Å². The highest BCUT2D eigenvalue weighted by molar-refractivity contribution is 5.95. The van der Waals surface area contributed by atoms with Gasteiger partial charge in [0.2, 0.25) is 0 Å². The minimum absolute atomic E-state index is 0.279. The fraction of sp³-hybridized carbons (Fsp3) is 0.500. The second-order valence-electron chi connectivity index (χ2n) is 4.70. The molecule has 2 unspecified atom stereocenters. The normalized spacial score (nSPS) is 23.4. The maximum absolute atomic E-state index is 11.6. The van der Waals surface area contributed by atoms with Crippen molar-refractivity contribution in [1.82, 2.24) is 0 Å². The van der Waals surface area contributed by atoms with Crippen LogP contribution in [0.2, 0.25) is 0 Å². The lowest BCUT2D eigenvalue weighted by Crippen LogP contribution is -2.23. The minimum atomic E-state index is -0.279. The minimum Gasteiger partial charge on any atom is -0.465 e. The lowest BCUT2D eigenvalue weighted by atomic mass is 10.1. The van der Waals surface area contributed by atoms with Gasteiger partial charge in [-0.3, -0.25) is 0 Å². The van der Waals surface area contributed by atoms with Crippen LogP contribution in [-0.2, 0) is 4.74 Å². The van der Waals surface area contributed by atoms with Crippen LogP contribution in [0.15, 0.2) is 24.3 Å². The van der Waals surface area contributed by atoms with E-state index in [1.807, 2.05) is 18.2 Å². The fourth-order valence-corrected chi connectivity index (χ4v) is 2.46. The van der Waals surface area contributed by atoms with Crippen molar-refractivity contribution in [1.29, 1.82) is 0 Å². The van der Waals surface area contributed by atoms with Gasteiger partial charge in [0.1, 0.15) is 0 Å². The van der Waals surface area contributed by atoms with Gasteiger partial charge in [-0.05, 0) is 30.9 Å². The summed E-state index contributed by atoms with van der Waals surface area (Å²) in [5, 5.41) is 3.47. The molecule has 3 heteroatoms. The number of anilines is 1. The van der Waals surface area contributed by atoms with Crippen molar-refractivity contribution in [3.05, 3.63) is 29.8 Å². The first-order chi connectivity index (χ1) is 8.22. The summed E-state index contributed by atoms with van der Waals surface area (Å²) in [5.74, 6) is 0.388. The molecule has 0 spiro atoms. The largest absolute Gasteiger partial charge is 0.465 e. The Kier molecular flexibility index (Phi) is 3.67. The molecule has 0 aliphatic heterocycles. The SMILES string of the molecule is COC(=O)c1ccccc1NC1CCCC1C. The molecule has 1 aliphatic rings. The smallest absolute Gasteiger partial charge is 0.339 e. The van der Waals surface area contributed by atoms with Gasteiger partial charge in [-0.1, -0.05) is 25.5 Å². The van der Waals surface area contributed by atoms with E-state index in [0.29, 0.717) is 17.5 Å². The molecule has 0 bridgehead atoms. The maximum atomic E-state index is 11.6. The standard InChI is InChI=1S/C14H19NO2/c1-10-6-5-9-12(10)15-13-8-4-3-7-11(13)14(16)17-2/h3-4,7-8,10,12,15H,5-6,9H2,1-2H3. The molecule has 2 atom stereocenters. The van der Waals surface area contributed by atoms with Crippen molar-refractivity contribution < 1.29 is 9.53 Å². The Morgan fingerprint density at radius 1 is 1.35 bits per heavy atom. The molecule has 92 valence electrons. The van der Waals surface area contributed by atoms with Gasteiger partial charge in [0.15, 0.2) is 0 Å². The molecule has 0 aromatic heterocycles. The molecular weight excluding hydrogens is 214 g/mol. The summed E-state index contributed by atoms with van der Waals surface area (Å²) in [4.78, 5) is 11.6. The number of rotatable bonds is 3. The summed E-state index contributed by atoms with van der Waals surface area (Å²) in [6.07, 6.45) is 3.70. The van der Waals surface area contributed by atoms with Gasteiger partial charge in [-0.25, -0.2) is 4.79 Å².